The van der Waals surface area contributed by atoms with Crippen LogP contribution in [0.25, 0.3) is 0 Å². The van der Waals surface area contributed by atoms with E-state index in [1.807, 2.05) is 6.92 Å². The molecule has 18 heavy (non-hydrogen) atoms. The zero-order valence-electron chi connectivity index (χ0n) is 11.2. The number of rotatable bonds is 5. The Balaban J connectivity index is 1.92. The Bertz CT molecular complexity index is 487. The van der Waals surface area contributed by atoms with Crippen LogP contribution in [0.2, 0.25) is 0 Å². The fraction of sp³-hybridized carbons (Fsp3) is 0.400. The summed E-state index contributed by atoms with van der Waals surface area (Å²) in [7, 11) is 0. The van der Waals surface area contributed by atoms with Crippen molar-refractivity contribution in [2.75, 3.05) is 0 Å². The summed E-state index contributed by atoms with van der Waals surface area (Å²) >= 11 is 1.72. The van der Waals surface area contributed by atoms with Gasteiger partial charge in [0.05, 0.1) is 0 Å². The van der Waals surface area contributed by atoms with E-state index in [2.05, 4.69) is 53.8 Å². The van der Waals surface area contributed by atoms with Gasteiger partial charge in [-0.3, -0.25) is 0 Å². The standard InChI is InChI=1S/C15H20N2S/c1-4-13-5-7-14(8-6-13)12(3)16-9-15-17-11(2)10-18-15/h5-8,10,12,16H,4,9H2,1-3H3. The van der Waals surface area contributed by atoms with Crippen LogP contribution in [0.3, 0.4) is 0 Å². The predicted octanol–water partition coefficient (Wildman–Crippen LogP) is 3.86. The maximum atomic E-state index is 4.46. The average Bonchev–Trinajstić information content (AvgIpc) is 2.82. The summed E-state index contributed by atoms with van der Waals surface area (Å²) in [4.78, 5) is 4.46. The zero-order chi connectivity index (χ0) is 13.0. The molecule has 0 bridgehead atoms. The first-order valence-corrected chi connectivity index (χ1v) is 7.30. The van der Waals surface area contributed by atoms with Gasteiger partial charge in [0.15, 0.2) is 0 Å². The first-order valence-electron chi connectivity index (χ1n) is 6.42. The topological polar surface area (TPSA) is 24.9 Å². The van der Waals surface area contributed by atoms with Gasteiger partial charge in [-0.05, 0) is 31.4 Å². The minimum Gasteiger partial charge on any atom is -0.304 e. The Morgan fingerprint density at radius 3 is 2.56 bits per heavy atom. The van der Waals surface area contributed by atoms with Crippen molar-refractivity contribution in [1.82, 2.24) is 10.3 Å². The monoisotopic (exact) mass is 260 g/mol. The van der Waals surface area contributed by atoms with Crippen LogP contribution in [0.15, 0.2) is 29.6 Å². The molecule has 1 aromatic heterocycles. The smallest absolute Gasteiger partial charge is 0.107 e. The van der Waals surface area contributed by atoms with Crippen LogP contribution in [0.1, 0.15) is 41.7 Å². The first kappa shape index (κ1) is 13.2. The van der Waals surface area contributed by atoms with E-state index in [0.717, 1.165) is 23.7 Å². The molecule has 0 spiro atoms. The lowest BCUT2D eigenvalue weighted by Crippen LogP contribution is -2.17. The Hall–Kier alpha value is -1.19. The van der Waals surface area contributed by atoms with Crippen molar-refractivity contribution in [1.29, 1.82) is 0 Å². The number of benzene rings is 1. The normalized spacial score (nSPS) is 12.6. The molecule has 2 aromatic rings. The number of thiazole rings is 1. The van der Waals surface area contributed by atoms with Crippen molar-refractivity contribution in [3.8, 4) is 0 Å². The summed E-state index contributed by atoms with van der Waals surface area (Å²) in [6.07, 6.45) is 1.10. The molecule has 0 radical (unpaired) electrons. The van der Waals surface area contributed by atoms with Gasteiger partial charge >= 0.3 is 0 Å². The van der Waals surface area contributed by atoms with E-state index >= 15 is 0 Å². The zero-order valence-corrected chi connectivity index (χ0v) is 12.1. The van der Waals surface area contributed by atoms with Gasteiger partial charge in [-0.25, -0.2) is 4.98 Å². The fourth-order valence-corrected chi connectivity index (χ4v) is 2.61. The molecule has 0 fully saturated rings. The summed E-state index contributed by atoms with van der Waals surface area (Å²) in [6, 6.07) is 9.20. The number of aromatic nitrogens is 1. The third-order valence-corrected chi connectivity index (χ3v) is 4.08. The molecule has 0 amide bonds. The van der Waals surface area contributed by atoms with Gasteiger partial charge in [0.2, 0.25) is 0 Å². The van der Waals surface area contributed by atoms with Crippen LogP contribution in [-0.4, -0.2) is 4.98 Å². The second-order valence-electron chi connectivity index (χ2n) is 4.58. The van der Waals surface area contributed by atoms with Gasteiger partial charge in [-0.15, -0.1) is 11.3 Å². The van der Waals surface area contributed by atoms with Crippen molar-refractivity contribution >= 4 is 11.3 Å². The van der Waals surface area contributed by atoms with Gasteiger partial charge in [0, 0.05) is 23.7 Å². The van der Waals surface area contributed by atoms with Crippen molar-refractivity contribution in [2.45, 2.75) is 39.8 Å². The molecule has 0 aliphatic heterocycles. The third-order valence-electron chi connectivity index (χ3n) is 3.11. The Kier molecular flexibility index (Phi) is 4.50. The second kappa shape index (κ2) is 6.12. The molecule has 3 heteroatoms. The van der Waals surface area contributed by atoms with Gasteiger partial charge in [0.1, 0.15) is 5.01 Å². The van der Waals surface area contributed by atoms with Crippen LogP contribution in [0, 0.1) is 6.92 Å². The highest BCUT2D eigenvalue weighted by Crippen LogP contribution is 2.15. The molecular weight excluding hydrogens is 240 g/mol. The van der Waals surface area contributed by atoms with E-state index in [4.69, 9.17) is 0 Å². The molecule has 2 nitrogen and oxygen atoms in total. The summed E-state index contributed by atoms with van der Waals surface area (Å²) in [5.74, 6) is 0. The number of aryl methyl sites for hydroxylation is 2. The second-order valence-corrected chi connectivity index (χ2v) is 5.52. The molecular formula is C15H20N2S. The molecule has 1 aromatic carbocycles. The quantitative estimate of drug-likeness (QED) is 0.883. The molecule has 1 unspecified atom stereocenters. The van der Waals surface area contributed by atoms with Crippen LogP contribution < -0.4 is 5.32 Å². The average molecular weight is 260 g/mol. The fourth-order valence-electron chi connectivity index (χ4n) is 1.88. The van der Waals surface area contributed by atoms with Crippen LogP contribution in [0.5, 0.6) is 0 Å². The number of nitrogens with zero attached hydrogens (tertiary/aromatic N) is 1. The highest BCUT2D eigenvalue weighted by Gasteiger charge is 2.06. The lowest BCUT2D eigenvalue weighted by Gasteiger charge is -2.13. The van der Waals surface area contributed by atoms with Crippen molar-refractivity contribution in [3.63, 3.8) is 0 Å². The Morgan fingerprint density at radius 1 is 1.28 bits per heavy atom. The van der Waals surface area contributed by atoms with Crippen LogP contribution in [0.4, 0.5) is 0 Å². The third kappa shape index (κ3) is 3.40. The SMILES string of the molecule is CCc1ccc(C(C)NCc2nc(C)cs2)cc1. The minimum atomic E-state index is 0.361. The molecule has 1 N–H and O–H groups in total. The number of hydrogen-bond acceptors (Lipinski definition) is 3. The van der Waals surface area contributed by atoms with Gasteiger partial charge in [0.25, 0.3) is 0 Å². The largest absolute Gasteiger partial charge is 0.304 e. The maximum Gasteiger partial charge on any atom is 0.107 e. The van der Waals surface area contributed by atoms with E-state index in [1.54, 1.807) is 11.3 Å². The number of hydrogen-bond donors (Lipinski definition) is 1. The van der Waals surface area contributed by atoms with Gasteiger partial charge < -0.3 is 5.32 Å². The van der Waals surface area contributed by atoms with E-state index in [0.29, 0.717) is 6.04 Å². The molecule has 1 heterocycles. The van der Waals surface area contributed by atoms with Crippen molar-refractivity contribution < 1.29 is 0 Å². The number of nitrogens with one attached hydrogen (secondary N) is 1. The summed E-state index contributed by atoms with van der Waals surface area (Å²) in [5, 5.41) is 6.77. The van der Waals surface area contributed by atoms with Gasteiger partial charge in [-0.2, -0.15) is 0 Å². The van der Waals surface area contributed by atoms with Crippen LogP contribution >= 0.6 is 11.3 Å². The van der Waals surface area contributed by atoms with E-state index in [-0.39, 0.29) is 0 Å². The highest BCUT2D eigenvalue weighted by atomic mass is 32.1. The molecule has 0 saturated heterocycles. The molecule has 0 aliphatic carbocycles. The maximum absolute atomic E-state index is 4.46. The molecule has 0 saturated carbocycles. The molecule has 1 atom stereocenters. The van der Waals surface area contributed by atoms with Gasteiger partial charge in [-0.1, -0.05) is 31.2 Å². The molecule has 96 valence electrons. The lowest BCUT2D eigenvalue weighted by molar-refractivity contribution is 0.572. The molecule has 2 rings (SSSR count). The lowest BCUT2D eigenvalue weighted by atomic mass is 10.1. The summed E-state index contributed by atoms with van der Waals surface area (Å²) in [6.45, 7) is 7.25. The van der Waals surface area contributed by atoms with E-state index < -0.39 is 0 Å². The Labute approximate surface area is 113 Å². The van der Waals surface area contributed by atoms with Crippen molar-refractivity contribution in [3.05, 3.63) is 51.5 Å². The predicted molar refractivity (Wildman–Crippen MR) is 77.9 cm³/mol. The summed E-state index contributed by atoms with van der Waals surface area (Å²) < 4.78 is 0. The van der Waals surface area contributed by atoms with E-state index in [1.165, 1.54) is 11.1 Å². The molecule has 0 aliphatic rings. The Morgan fingerprint density at radius 2 is 2.00 bits per heavy atom. The van der Waals surface area contributed by atoms with Crippen molar-refractivity contribution in [2.24, 2.45) is 0 Å². The minimum absolute atomic E-state index is 0.361. The van der Waals surface area contributed by atoms with Crippen LogP contribution in [-0.2, 0) is 13.0 Å². The summed E-state index contributed by atoms with van der Waals surface area (Å²) in [5.41, 5.74) is 3.83. The highest BCUT2D eigenvalue weighted by molar-refractivity contribution is 7.09. The van der Waals surface area contributed by atoms with E-state index in [9.17, 15) is 0 Å². The first-order chi connectivity index (χ1) is 8.69.